The highest BCUT2D eigenvalue weighted by atomic mass is 16.4. The van der Waals surface area contributed by atoms with Crippen LogP contribution in [0.1, 0.15) is 75.9 Å². The average Bonchev–Trinajstić information content (AvgIpc) is 3.59. The fourth-order valence-corrected chi connectivity index (χ4v) is 6.23. The van der Waals surface area contributed by atoms with Crippen molar-refractivity contribution >= 4 is 42.3 Å². The van der Waals surface area contributed by atoms with E-state index in [1.54, 1.807) is 0 Å². The van der Waals surface area contributed by atoms with Gasteiger partial charge >= 0.3 is 11.9 Å². The van der Waals surface area contributed by atoms with Crippen LogP contribution >= 0.6 is 0 Å². The summed E-state index contributed by atoms with van der Waals surface area (Å²) in [6.45, 7) is 16.4. The lowest BCUT2D eigenvalue weighted by Gasteiger charge is -2.10. The number of carboxylic acid groups (broad SMARTS) is 2. The summed E-state index contributed by atoms with van der Waals surface area (Å²) in [4.78, 5) is 33.8. The number of aromatic nitrogens is 3. The zero-order valence-electron chi connectivity index (χ0n) is 24.6. The second-order valence-corrected chi connectivity index (χ2v) is 11.3. The van der Waals surface area contributed by atoms with Gasteiger partial charge in [0.1, 0.15) is 0 Å². The van der Waals surface area contributed by atoms with Crippen molar-refractivity contribution in [2.24, 2.45) is 11.8 Å². The van der Waals surface area contributed by atoms with Crippen LogP contribution in [0.25, 0.3) is 30.4 Å². The topological polar surface area (TPSA) is 134 Å². The summed E-state index contributed by atoms with van der Waals surface area (Å²) in [5.41, 5.74) is 11.5. The third kappa shape index (κ3) is 5.20. The van der Waals surface area contributed by atoms with Gasteiger partial charge in [0.2, 0.25) is 0 Å². The third-order valence-electron chi connectivity index (χ3n) is 8.76. The Balaban J connectivity index is 1.85. The van der Waals surface area contributed by atoms with Crippen LogP contribution in [0, 0.1) is 32.6 Å². The molecule has 3 aromatic heterocycles. The van der Waals surface area contributed by atoms with Gasteiger partial charge in [-0.3, -0.25) is 9.59 Å². The van der Waals surface area contributed by atoms with Crippen molar-refractivity contribution in [1.29, 1.82) is 0 Å². The molecule has 0 aromatic carbocycles. The van der Waals surface area contributed by atoms with Crippen LogP contribution in [0.15, 0.2) is 30.6 Å². The van der Waals surface area contributed by atoms with Crippen molar-refractivity contribution in [3.63, 3.8) is 0 Å². The second kappa shape index (κ2) is 11.3. The summed E-state index contributed by atoms with van der Waals surface area (Å²) in [5.74, 6) is -1.48. The lowest BCUT2D eigenvalue weighted by molar-refractivity contribution is -0.138. The Morgan fingerprint density at radius 1 is 0.762 bits per heavy atom. The van der Waals surface area contributed by atoms with Gasteiger partial charge in [-0.15, -0.1) is 6.58 Å². The third-order valence-corrected chi connectivity index (χ3v) is 8.76. The van der Waals surface area contributed by atoms with Crippen LogP contribution in [0.3, 0.4) is 0 Å². The molecule has 0 amide bonds. The summed E-state index contributed by atoms with van der Waals surface area (Å²) in [6, 6.07) is 0. The van der Waals surface area contributed by atoms with Gasteiger partial charge in [-0.05, 0) is 85.7 Å². The summed E-state index contributed by atoms with van der Waals surface area (Å²) in [5, 5.41) is 24.2. The first kappa shape index (κ1) is 28.8. The molecule has 0 spiro atoms. The van der Waals surface area contributed by atoms with Gasteiger partial charge < -0.3 is 30.5 Å². The molecule has 42 heavy (non-hydrogen) atoms. The number of allylic oxidation sites excluding steroid dienone is 2. The van der Waals surface area contributed by atoms with Crippen molar-refractivity contribution in [3.05, 3.63) is 97.5 Å². The van der Waals surface area contributed by atoms with Crippen molar-refractivity contribution in [1.82, 2.24) is 20.3 Å². The largest absolute Gasteiger partial charge is 0.481 e. The van der Waals surface area contributed by atoms with E-state index in [4.69, 9.17) is 0 Å². The number of rotatable bonds is 8. The first-order valence-corrected chi connectivity index (χ1v) is 14.3. The molecule has 5 heterocycles. The highest BCUT2D eigenvalue weighted by Crippen LogP contribution is 2.37. The molecule has 1 fully saturated rings. The van der Waals surface area contributed by atoms with Crippen molar-refractivity contribution in [3.8, 4) is 0 Å². The van der Waals surface area contributed by atoms with Gasteiger partial charge in [0, 0.05) is 75.1 Å². The van der Waals surface area contributed by atoms with Gasteiger partial charge in [0.25, 0.3) is 0 Å². The van der Waals surface area contributed by atoms with E-state index in [1.165, 1.54) is 0 Å². The molecule has 8 bridgehead atoms. The maximum absolute atomic E-state index is 11.5. The minimum absolute atomic E-state index is 0.00277. The zero-order chi connectivity index (χ0) is 30.3. The molecule has 0 radical (unpaired) electrons. The Kier molecular flexibility index (Phi) is 7.73. The van der Waals surface area contributed by atoms with E-state index in [0.717, 1.165) is 78.2 Å². The molecule has 0 aliphatic carbocycles. The van der Waals surface area contributed by atoms with Crippen LogP contribution in [0.2, 0.25) is 0 Å². The molecule has 8 heteroatoms. The van der Waals surface area contributed by atoms with E-state index in [0.29, 0.717) is 12.8 Å². The molecule has 5 rings (SSSR count). The van der Waals surface area contributed by atoms with E-state index in [9.17, 15) is 19.8 Å². The van der Waals surface area contributed by atoms with E-state index < -0.39 is 11.9 Å². The Bertz CT molecular complexity index is 1810. The highest BCUT2D eigenvalue weighted by molar-refractivity contribution is 5.73. The highest BCUT2D eigenvalue weighted by Gasteiger charge is 2.31. The van der Waals surface area contributed by atoms with Crippen molar-refractivity contribution in [2.45, 2.75) is 53.4 Å². The van der Waals surface area contributed by atoms with E-state index >= 15 is 0 Å². The number of aliphatic carboxylic acids is 2. The van der Waals surface area contributed by atoms with Gasteiger partial charge in [0.05, 0.1) is 0 Å². The van der Waals surface area contributed by atoms with Gasteiger partial charge in [-0.25, -0.2) is 0 Å². The maximum Gasteiger partial charge on any atom is 0.303 e. The maximum atomic E-state index is 11.5. The predicted octanol–water partition coefficient (Wildman–Crippen LogP) is 4.67. The summed E-state index contributed by atoms with van der Waals surface area (Å²) < 4.78 is 0. The Morgan fingerprint density at radius 3 is 2.00 bits per heavy atom. The number of hydrogen-bond acceptors (Lipinski definition) is 3. The lowest BCUT2D eigenvalue weighted by Crippen LogP contribution is -2.14. The quantitative estimate of drug-likeness (QED) is 0.221. The van der Waals surface area contributed by atoms with Crippen LogP contribution in [-0.4, -0.2) is 37.1 Å². The molecular weight excluding hydrogens is 528 g/mol. The van der Waals surface area contributed by atoms with Crippen LogP contribution in [0.5, 0.6) is 0 Å². The zero-order valence-corrected chi connectivity index (χ0v) is 24.6. The Morgan fingerprint density at radius 2 is 1.36 bits per heavy atom. The number of hydrogen-bond donors (Lipinski definition) is 6. The minimum Gasteiger partial charge on any atom is -0.481 e. The normalized spacial score (nSPS) is 21.5. The summed E-state index contributed by atoms with van der Waals surface area (Å²) >= 11 is 0. The number of carbonyl (C=O) groups is 2. The molecule has 218 valence electrons. The van der Waals surface area contributed by atoms with E-state index in [1.807, 2.05) is 38.2 Å². The van der Waals surface area contributed by atoms with Gasteiger partial charge in [-0.1, -0.05) is 25.7 Å². The fraction of sp³-hybridized carbons (Fsp3) is 0.294. The van der Waals surface area contributed by atoms with Crippen molar-refractivity contribution < 1.29 is 19.8 Å². The predicted molar refractivity (Wildman–Crippen MR) is 167 cm³/mol. The lowest BCUT2D eigenvalue weighted by atomic mass is 9.92. The molecule has 1 saturated heterocycles. The van der Waals surface area contributed by atoms with Gasteiger partial charge in [-0.2, -0.15) is 0 Å². The Hall–Kier alpha value is -4.72. The fourth-order valence-electron chi connectivity index (χ4n) is 6.23. The number of fused-ring (bicyclic) bond motifs is 8. The first-order chi connectivity index (χ1) is 20.0. The monoisotopic (exact) mass is 566 g/mol. The van der Waals surface area contributed by atoms with Crippen LogP contribution in [0.4, 0.5) is 0 Å². The summed E-state index contributed by atoms with van der Waals surface area (Å²) in [6.07, 6.45) is 12.8. The van der Waals surface area contributed by atoms with Gasteiger partial charge in [0.15, 0.2) is 0 Å². The molecule has 2 aliphatic heterocycles. The number of carboxylic acids is 2. The molecule has 2 unspecified atom stereocenters. The smallest absolute Gasteiger partial charge is 0.303 e. The summed E-state index contributed by atoms with van der Waals surface area (Å²) in [7, 11) is 0. The van der Waals surface area contributed by atoms with E-state index in [2.05, 4.69) is 59.4 Å². The average molecular weight is 567 g/mol. The molecule has 3 aromatic rings. The Labute approximate surface area is 245 Å². The molecule has 8 nitrogen and oxygen atoms in total. The van der Waals surface area contributed by atoms with Crippen LogP contribution in [-0.2, 0) is 22.4 Å². The SMILES string of the molecule is C=Cc1c2[nH]c(c1C)/C=C1\N/C(=C\c3[nH]c(c(CCC(=O)O)c3C)/C=c3\[nH]/c(c(C)c3CCC(=O)O)=C\2)C(C)C1C=C. The number of H-pyrrole nitrogens is 3. The number of nitrogens with one attached hydrogen (secondary N) is 4. The van der Waals surface area contributed by atoms with Crippen molar-refractivity contribution in [2.75, 3.05) is 0 Å². The number of aromatic amines is 3. The molecule has 2 atom stereocenters. The molecule has 2 aliphatic rings. The van der Waals surface area contributed by atoms with E-state index in [-0.39, 0.29) is 24.7 Å². The standard InChI is InChI=1S/C34H38N4O4/c1-7-21-17(3)25-13-26-19(5)23(9-11-33(39)40)31(37-26)16-32-24(10-12-34(41)42)20(6)28(38-32)15-30-22(8-2)18(4)27(36-30)14-29(21)35-25/h7-8,13-17,21,35-38H,1-2,9-12H2,3-6H3,(H,39,40)(H,41,42)/b25-13-,28-15-,29-14-,32-16-. The molecule has 6 N–H and O–H groups in total. The molecular formula is C34H38N4O4. The second-order valence-electron chi connectivity index (χ2n) is 11.3. The van der Waals surface area contributed by atoms with Crippen LogP contribution < -0.4 is 16.0 Å². The first-order valence-electron chi connectivity index (χ1n) is 14.3. The molecule has 0 saturated carbocycles. The minimum atomic E-state index is -0.863.